The smallest absolute Gasteiger partial charge is 0.307 e. The van der Waals surface area contributed by atoms with Gasteiger partial charge >= 0.3 is 5.97 Å². The van der Waals surface area contributed by atoms with Gasteiger partial charge in [-0.2, -0.15) is 0 Å². The van der Waals surface area contributed by atoms with Crippen LogP contribution in [-0.2, 0) is 14.9 Å². The van der Waals surface area contributed by atoms with Crippen molar-refractivity contribution in [3.63, 3.8) is 0 Å². The second-order valence-corrected chi connectivity index (χ2v) is 5.87. The second-order valence-electron chi connectivity index (χ2n) is 4.92. The maximum atomic E-state index is 11.1. The molecule has 0 saturated heterocycles. The van der Waals surface area contributed by atoms with Gasteiger partial charge in [-0.3, -0.25) is 4.79 Å². The van der Waals surface area contributed by atoms with Crippen LogP contribution in [0.3, 0.4) is 0 Å². The number of hydrogen-bond acceptors (Lipinski definition) is 4. The average Bonchev–Trinajstić information content (AvgIpc) is 2.80. The number of esters is 1. The van der Waals surface area contributed by atoms with E-state index in [1.165, 1.54) is 12.0 Å². The number of methoxy groups -OCH3 is 1. The predicted molar refractivity (Wildman–Crippen MR) is 71.4 cm³/mol. The Hall–Kier alpha value is -0.870. The SMILES string of the molecule is COC(=O)CC(C)NCC(C)(C)c1cccs1. The van der Waals surface area contributed by atoms with Gasteiger partial charge in [0.2, 0.25) is 0 Å². The van der Waals surface area contributed by atoms with Crippen molar-refractivity contribution in [3.05, 3.63) is 22.4 Å². The molecule has 1 aromatic rings. The molecule has 1 heterocycles. The summed E-state index contributed by atoms with van der Waals surface area (Å²) < 4.78 is 4.65. The van der Waals surface area contributed by atoms with Crippen LogP contribution in [0.1, 0.15) is 32.1 Å². The molecule has 1 rings (SSSR count). The lowest BCUT2D eigenvalue weighted by Crippen LogP contribution is -2.38. The minimum Gasteiger partial charge on any atom is -0.469 e. The molecule has 1 N–H and O–H groups in total. The highest BCUT2D eigenvalue weighted by atomic mass is 32.1. The first-order valence-corrected chi connectivity index (χ1v) is 6.68. The van der Waals surface area contributed by atoms with E-state index < -0.39 is 0 Å². The number of ether oxygens (including phenoxy) is 1. The Balaban J connectivity index is 2.42. The zero-order chi connectivity index (χ0) is 12.9. The van der Waals surface area contributed by atoms with E-state index >= 15 is 0 Å². The first-order valence-electron chi connectivity index (χ1n) is 5.80. The molecular weight excluding hydrogens is 234 g/mol. The van der Waals surface area contributed by atoms with E-state index in [0.29, 0.717) is 6.42 Å². The Kier molecular flexibility index (Phi) is 5.15. The van der Waals surface area contributed by atoms with Crippen LogP contribution < -0.4 is 5.32 Å². The molecule has 1 atom stereocenters. The van der Waals surface area contributed by atoms with Crippen molar-refractivity contribution in [1.82, 2.24) is 5.32 Å². The lowest BCUT2D eigenvalue weighted by atomic mass is 9.91. The lowest BCUT2D eigenvalue weighted by Gasteiger charge is -2.26. The quantitative estimate of drug-likeness (QED) is 0.794. The van der Waals surface area contributed by atoms with Crippen LogP contribution in [0.5, 0.6) is 0 Å². The molecule has 3 nitrogen and oxygen atoms in total. The molecule has 0 bridgehead atoms. The number of thiophene rings is 1. The third-order valence-corrected chi connectivity index (χ3v) is 4.02. The summed E-state index contributed by atoms with van der Waals surface area (Å²) in [6.45, 7) is 7.26. The van der Waals surface area contributed by atoms with Gasteiger partial charge in [0.1, 0.15) is 0 Å². The van der Waals surface area contributed by atoms with Gasteiger partial charge in [-0.1, -0.05) is 19.9 Å². The van der Waals surface area contributed by atoms with Gasteiger partial charge in [-0.25, -0.2) is 0 Å². The van der Waals surface area contributed by atoms with Gasteiger partial charge in [0.05, 0.1) is 13.5 Å². The minimum atomic E-state index is -0.168. The molecule has 4 heteroatoms. The molecule has 0 aliphatic carbocycles. The molecule has 0 amide bonds. The fraction of sp³-hybridized carbons (Fsp3) is 0.615. The molecular formula is C13H21NO2S. The largest absolute Gasteiger partial charge is 0.469 e. The number of hydrogen-bond donors (Lipinski definition) is 1. The second kappa shape index (κ2) is 6.17. The number of rotatable bonds is 6. The highest BCUT2D eigenvalue weighted by molar-refractivity contribution is 7.10. The fourth-order valence-corrected chi connectivity index (χ4v) is 2.44. The van der Waals surface area contributed by atoms with Crippen molar-refractivity contribution < 1.29 is 9.53 Å². The maximum absolute atomic E-state index is 11.1. The van der Waals surface area contributed by atoms with Gasteiger partial charge in [-0.05, 0) is 18.4 Å². The van der Waals surface area contributed by atoms with Crippen molar-refractivity contribution in [2.45, 2.75) is 38.6 Å². The molecule has 0 radical (unpaired) electrons. The zero-order valence-corrected chi connectivity index (χ0v) is 11.8. The van der Waals surface area contributed by atoms with E-state index in [4.69, 9.17) is 0 Å². The Labute approximate surface area is 107 Å². The van der Waals surface area contributed by atoms with Crippen molar-refractivity contribution in [2.75, 3.05) is 13.7 Å². The van der Waals surface area contributed by atoms with Crippen LogP contribution in [0, 0.1) is 0 Å². The Morgan fingerprint density at radius 2 is 2.29 bits per heavy atom. The standard InChI is InChI=1S/C13H21NO2S/c1-10(8-12(15)16-4)14-9-13(2,3)11-6-5-7-17-11/h5-7,10,14H,8-9H2,1-4H3. The van der Waals surface area contributed by atoms with E-state index in [2.05, 4.69) is 41.4 Å². The highest BCUT2D eigenvalue weighted by Gasteiger charge is 2.22. The van der Waals surface area contributed by atoms with Crippen LogP contribution in [0.15, 0.2) is 17.5 Å². The van der Waals surface area contributed by atoms with Crippen LogP contribution in [0.25, 0.3) is 0 Å². The van der Waals surface area contributed by atoms with Crippen LogP contribution in [0.2, 0.25) is 0 Å². The van der Waals surface area contributed by atoms with E-state index in [9.17, 15) is 4.79 Å². The Morgan fingerprint density at radius 1 is 1.59 bits per heavy atom. The summed E-state index contributed by atoms with van der Waals surface area (Å²) in [6.07, 6.45) is 0.414. The van der Waals surface area contributed by atoms with Gasteiger partial charge in [0.25, 0.3) is 0 Å². The van der Waals surface area contributed by atoms with Crippen molar-refractivity contribution in [3.8, 4) is 0 Å². The molecule has 0 aromatic carbocycles. The molecule has 17 heavy (non-hydrogen) atoms. The van der Waals surface area contributed by atoms with Crippen molar-refractivity contribution in [2.24, 2.45) is 0 Å². The summed E-state index contributed by atoms with van der Waals surface area (Å²) in [6, 6.07) is 4.36. The first kappa shape index (κ1) is 14.2. The minimum absolute atomic E-state index is 0.0958. The Bertz CT molecular complexity index is 346. The normalized spacial score (nSPS) is 13.4. The monoisotopic (exact) mass is 255 g/mol. The summed E-state index contributed by atoms with van der Waals surface area (Å²) in [5.41, 5.74) is 0.0958. The summed E-state index contributed by atoms with van der Waals surface area (Å²) in [4.78, 5) is 12.5. The van der Waals surface area contributed by atoms with Gasteiger partial charge in [-0.15, -0.1) is 11.3 Å². The summed E-state index contributed by atoms with van der Waals surface area (Å²) >= 11 is 1.77. The molecule has 0 fully saturated rings. The average molecular weight is 255 g/mol. The van der Waals surface area contributed by atoms with E-state index in [1.807, 2.05) is 6.92 Å². The lowest BCUT2D eigenvalue weighted by molar-refractivity contribution is -0.141. The number of carbonyl (C=O) groups is 1. The molecule has 96 valence electrons. The van der Waals surface area contributed by atoms with Crippen LogP contribution in [-0.4, -0.2) is 25.7 Å². The maximum Gasteiger partial charge on any atom is 0.307 e. The summed E-state index contributed by atoms with van der Waals surface area (Å²) in [5, 5.41) is 5.47. The molecule has 1 aromatic heterocycles. The van der Waals surface area contributed by atoms with Crippen LogP contribution >= 0.6 is 11.3 Å². The third-order valence-electron chi connectivity index (χ3n) is 2.78. The number of carbonyl (C=O) groups excluding carboxylic acids is 1. The number of nitrogens with one attached hydrogen (secondary N) is 1. The first-order chi connectivity index (χ1) is 7.95. The zero-order valence-electron chi connectivity index (χ0n) is 10.9. The Morgan fingerprint density at radius 3 is 2.82 bits per heavy atom. The van der Waals surface area contributed by atoms with Gasteiger partial charge in [0, 0.05) is 22.9 Å². The highest BCUT2D eigenvalue weighted by Crippen LogP contribution is 2.26. The van der Waals surface area contributed by atoms with E-state index in [0.717, 1.165) is 6.54 Å². The molecule has 0 saturated carbocycles. The van der Waals surface area contributed by atoms with Gasteiger partial charge in [0.15, 0.2) is 0 Å². The fourth-order valence-electron chi connectivity index (χ4n) is 1.59. The topological polar surface area (TPSA) is 38.3 Å². The van der Waals surface area contributed by atoms with Crippen molar-refractivity contribution in [1.29, 1.82) is 0 Å². The molecule has 0 spiro atoms. The van der Waals surface area contributed by atoms with Crippen molar-refractivity contribution >= 4 is 17.3 Å². The summed E-state index contributed by atoms with van der Waals surface area (Å²) in [7, 11) is 1.42. The summed E-state index contributed by atoms with van der Waals surface area (Å²) in [5.74, 6) is -0.168. The van der Waals surface area contributed by atoms with Gasteiger partial charge < -0.3 is 10.1 Å². The van der Waals surface area contributed by atoms with E-state index in [-0.39, 0.29) is 17.4 Å². The molecule has 1 unspecified atom stereocenters. The van der Waals surface area contributed by atoms with Crippen LogP contribution in [0.4, 0.5) is 0 Å². The molecule has 0 aliphatic rings. The molecule has 0 aliphatic heterocycles. The van der Waals surface area contributed by atoms with E-state index in [1.54, 1.807) is 11.3 Å². The predicted octanol–water partition coefficient (Wildman–Crippen LogP) is 2.57. The third kappa shape index (κ3) is 4.48.